The molecule has 0 unspecified atom stereocenters. The smallest absolute Gasteiger partial charge is 0.243 e. The average molecular weight is 395 g/mol. The molecule has 26 heavy (non-hydrogen) atoms. The van der Waals surface area contributed by atoms with Gasteiger partial charge in [0.25, 0.3) is 0 Å². The Bertz CT molecular complexity index is 893. The van der Waals surface area contributed by atoms with Crippen molar-refractivity contribution in [2.45, 2.75) is 32.1 Å². The lowest BCUT2D eigenvalue weighted by Gasteiger charge is -2.20. The Hall–Kier alpha value is -1.89. The van der Waals surface area contributed by atoms with Gasteiger partial charge in [-0.2, -0.15) is 4.31 Å². The van der Waals surface area contributed by atoms with Crippen LogP contribution in [0, 0.1) is 6.92 Å². The van der Waals surface area contributed by atoms with E-state index in [1.807, 2.05) is 6.07 Å². The summed E-state index contributed by atoms with van der Waals surface area (Å²) in [5.41, 5.74) is 1.80. The molecule has 2 aromatic rings. The molecule has 0 saturated heterocycles. The van der Waals surface area contributed by atoms with Crippen LogP contribution >= 0.6 is 11.6 Å². The summed E-state index contributed by atoms with van der Waals surface area (Å²) in [6.45, 7) is 6.12. The van der Waals surface area contributed by atoms with Gasteiger partial charge in [0.2, 0.25) is 15.9 Å². The maximum atomic E-state index is 12.8. The minimum absolute atomic E-state index is 0.117. The van der Waals surface area contributed by atoms with E-state index in [4.69, 9.17) is 11.6 Å². The van der Waals surface area contributed by atoms with Crippen molar-refractivity contribution in [2.75, 3.05) is 18.4 Å². The van der Waals surface area contributed by atoms with Crippen molar-refractivity contribution < 1.29 is 13.2 Å². The topological polar surface area (TPSA) is 66.5 Å². The first-order valence-electron chi connectivity index (χ1n) is 8.43. The van der Waals surface area contributed by atoms with Gasteiger partial charge in [0.15, 0.2) is 0 Å². The molecule has 0 aliphatic rings. The number of rotatable bonds is 7. The number of carbonyl (C=O) groups excluding carboxylic acids is 1. The summed E-state index contributed by atoms with van der Waals surface area (Å²) in [5.74, 6) is -0.256. The zero-order valence-corrected chi connectivity index (χ0v) is 16.7. The van der Waals surface area contributed by atoms with Crippen molar-refractivity contribution in [3.05, 3.63) is 58.6 Å². The molecule has 0 aliphatic carbocycles. The number of sulfonamides is 1. The van der Waals surface area contributed by atoms with Gasteiger partial charge in [-0.3, -0.25) is 4.79 Å². The normalized spacial score (nSPS) is 11.6. The summed E-state index contributed by atoms with van der Waals surface area (Å²) in [4.78, 5) is 12.5. The Morgan fingerprint density at radius 1 is 1.12 bits per heavy atom. The summed E-state index contributed by atoms with van der Waals surface area (Å²) in [5, 5.41) is 3.28. The maximum Gasteiger partial charge on any atom is 0.243 e. The van der Waals surface area contributed by atoms with Crippen LogP contribution in [0.25, 0.3) is 0 Å². The average Bonchev–Trinajstić information content (AvgIpc) is 2.59. The van der Waals surface area contributed by atoms with Gasteiger partial charge in [-0.1, -0.05) is 49.7 Å². The number of hydrogen-bond donors (Lipinski definition) is 1. The fourth-order valence-electron chi connectivity index (χ4n) is 2.68. The van der Waals surface area contributed by atoms with Crippen molar-refractivity contribution in [2.24, 2.45) is 0 Å². The van der Waals surface area contributed by atoms with Crippen molar-refractivity contribution in [3.63, 3.8) is 0 Å². The molecular formula is C19H23ClN2O3S. The molecule has 0 heterocycles. The van der Waals surface area contributed by atoms with Crippen LogP contribution in [0.3, 0.4) is 0 Å². The highest BCUT2D eigenvalue weighted by molar-refractivity contribution is 7.89. The van der Waals surface area contributed by atoms with E-state index in [0.29, 0.717) is 29.4 Å². The van der Waals surface area contributed by atoms with E-state index in [9.17, 15) is 13.2 Å². The minimum Gasteiger partial charge on any atom is -0.326 e. The van der Waals surface area contributed by atoms with Crippen molar-refractivity contribution in [3.8, 4) is 0 Å². The lowest BCUT2D eigenvalue weighted by Crippen LogP contribution is -2.31. The van der Waals surface area contributed by atoms with Gasteiger partial charge >= 0.3 is 0 Å². The third-order valence-electron chi connectivity index (χ3n) is 4.10. The molecule has 0 atom stereocenters. The summed E-state index contributed by atoms with van der Waals surface area (Å²) >= 11 is 6.08. The number of nitrogens with zero attached hydrogens (tertiary/aromatic N) is 1. The molecule has 0 aliphatic heterocycles. The van der Waals surface area contributed by atoms with E-state index >= 15 is 0 Å². The molecule has 7 heteroatoms. The Balaban J connectivity index is 2.24. The fraction of sp³-hybridized carbons (Fsp3) is 0.316. The summed E-state index contributed by atoms with van der Waals surface area (Å²) in [7, 11) is -3.59. The van der Waals surface area contributed by atoms with Crippen molar-refractivity contribution >= 4 is 33.2 Å². The van der Waals surface area contributed by atoms with Gasteiger partial charge in [-0.25, -0.2) is 8.42 Å². The van der Waals surface area contributed by atoms with Crippen molar-refractivity contribution in [1.82, 2.24) is 4.31 Å². The highest BCUT2D eigenvalue weighted by Crippen LogP contribution is 2.24. The number of nitrogens with one attached hydrogen (secondary N) is 1. The molecule has 5 nitrogen and oxygen atoms in total. The monoisotopic (exact) mass is 394 g/mol. The van der Waals surface area contributed by atoms with Crippen LogP contribution in [0.5, 0.6) is 0 Å². The van der Waals surface area contributed by atoms with Gasteiger partial charge in [0.05, 0.1) is 11.3 Å². The second-order valence-electron chi connectivity index (χ2n) is 5.89. The van der Waals surface area contributed by atoms with Crippen LogP contribution in [0.1, 0.15) is 25.0 Å². The molecule has 140 valence electrons. The third kappa shape index (κ3) is 4.63. The van der Waals surface area contributed by atoms with Gasteiger partial charge in [-0.05, 0) is 36.2 Å². The predicted molar refractivity (Wildman–Crippen MR) is 105 cm³/mol. The summed E-state index contributed by atoms with van der Waals surface area (Å²) < 4.78 is 27.0. The molecule has 0 bridgehead atoms. The molecule has 1 amide bonds. The molecule has 1 N–H and O–H groups in total. The molecule has 0 radical (unpaired) electrons. The molecule has 0 saturated carbocycles. The SMILES string of the molecule is CCN(CC)S(=O)(=O)c1cc(NC(=O)Cc2ccccc2Cl)ccc1C. The van der Waals surface area contributed by atoms with E-state index < -0.39 is 10.0 Å². The second-order valence-corrected chi connectivity index (χ2v) is 8.20. The highest BCUT2D eigenvalue weighted by Gasteiger charge is 2.24. The van der Waals surface area contributed by atoms with E-state index in [1.54, 1.807) is 51.1 Å². The van der Waals surface area contributed by atoms with Gasteiger partial charge in [0.1, 0.15) is 0 Å². The molecule has 0 fully saturated rings. The Labute approximate surface area is 160 Å². The highest BCUT2D eigenvalue weighted by atomic mass is 35.5. The number of anilines is 1. The Morgan fingerprint density at radius 3 is 2.38 bits per heavy atom. The molecule has 2 aromatic carbocycles. The number of aryl methyl sites for hydroxylation is 1. The largest absolute Gasteiger partial charge is 0.326 e. The van der Waals surface area contributed by atoms with E-state index in [-0.39, 0.29) is 17.2 Å². The van der Waals surface area contributed by atoms with Crippen LogP contribution in [-0.2, 0) is 21.2 Å². The zero-order valence-electron chi connectivity index (χ0n) is 15.1. The zero-order chi connectivity index (χ0) is 19.3. The third-order valence-corrected chi connectivity index (χ3v) is 6.66. The fourth-order valence-corrected chi connectivity index (χ4v) is 4.59. The number of hydrogen-bond acceptors (Lipinski definition) is 3. The first-order valence-corrected chi connectivity index (χ1v) is 10.3. The Morgan fingerprint density at radius 2 is 1.77 bits per heavy atom. The van der Waals surface area contributed by atoms with Crippen LogP contribution in [0.15, 0.2) is 47.4 Å². The van der Waals surface area contributed by atoms with E-state index in [1.165, 1.54) is 10.4 Å². The van der Waals surface area contributed by atoms with Crippen LogP contribution in [-0.4, -0.2) is 31.7 Å². The van der Waals surface area contributed by atoms with Gasteiger partial charge < -0.3 is 5.32 Å². The molecular weight excluding hydrogens is 372 g/mol. The number of amides is 1. The number of benzene rings is 2. The maximum absolute atomic E-state index is 12.8. The Kier molecular flexibility index (Phi) is 6.81. The minimum atomic E-state index is -3.59. The number of halogens is 1. The predicted octanol–water partition coefficient (Wildman–Crippen LogP) is 3.86. The first-order chi connectivity index (χ1) is 12.3. The number of carbonyl (C=O) groups is 1. The summed E-state index contributed by atoms with van der Waals surface area (Å²) in [6, 6.07) is 12.0. The van der Waals surface area contributed by atoms with Crippen LogP contribution < -0.4 is 5.32 Å². The van der Waals surface area contributed by atoms with Crippen LogP contribution in [0.2, 0.25) is 5.02 Å². The first kappa shape index (κ1) is 20.4. The molecule has 2 rings (SSSR count). The molecule has 0 spiro atoms. The summed E-state index contributed by atoms with van der Waals surface area (Å²) in [6.07, 6.45) is 0.117. The van der Waals surface area contributed by atoms with Gasteiger partial charge in [0, 0.05) is 23.8 Å². The lowest BCUT2D eigenvalue weighted by atomic mass is 10.1. The van der Waals surface area contributed by atoms with Gasteiger partial charge in [-0.15, -0.1) is 0 Å². The standard InChI is InChI=1S/C19H23ClN2O3S/c1-4-22(5-2)26(24,25)18-13-16(11-10-14(18)3)21-19(23)12-15-8-6-7-9-17(15)20/h6-11,13H,4-5,12H2,1-3H3,(H,21,23). The second kappa shape index (κ2) is 8.66. The van der Waals surface area contributed by atoms with E-state index in [0.717, 1.165) is 5.56 Å². The quantitative estimate of drug-likeness (QED) is 0.775. The van der Waals surface area contributed by atoms with Crippen molar-refractivity contribution in [1.29, 1.82) is 0 Å². The lowest BCUT2D eigenvalue weighted by molar-refractivity contribution is -0.115. The van der Waals surface area contributed by atoms with E-state index in [2.05, 4.69) is 5.32 Å². The van der Waals surface area contributed by atoms with Crippen LogP contribution in [0.4, 0.5) is 5.69 Å². The molecule has 0 aromatic heterocycles.